The number of halogens is 3. The first kappa shape index (κ1) is 16.0. The van der Waals surface area contributed by atoms with Crippen molar-refractivity contribution in [3.8, 4) is 0 Å². The molecular formula is C10H11BF3KN2O. The van der Waals surface area contributed by atoms with Crippen molar-refractivity contribution < 1.29 is 64.3 Å². The molecular weight excluding hydrogens is 271 g/mol. The molecule has 0 N–H and O–H groups in total. The SMILES string of the molecule is CCn1c(=O)n(C[B-](F)(F)F)c2ccccc21.[K+]. The van der Waals surface area contributed by atoms with Gasteiger partial charge in [0, 0.05) is 6.54 Å². The van der Waals surface area contributed by atoms with Gasteiger partial charge in [0.25, 0.3) is 0 Å². The van der Waals surface area contributed by atoms with Gasteiger partial charge in [0.2, 0.25) is 0 Å². The van der Waals surface area contributed by atoms with E-state index >= 15 is 0 Å². The molecule has 0 atom stereocenters. The van der Waals surface area contributed by atoms with Crippen molar-refractivity contribution in [3.63, 3.8) is 0 Å². The molecule has 2 aromatic rings. The minimum atomic E-state index is -5.03. The Kier molecular flexibility index (Phi) is 5.31. The van der Waals surface area contributed by atoms with Gasteiger partial charge < -0.3 is 17.5 Å². The maximum absolute atomic E-state index is 12.5. The molecule has 0 amide bonds. The zero-order valence-corrected chi connectivity index (χ0v) is 13.4. The van der Waals surface area contributed by atoms with Gasteiger partial charge >= 0.3 is 64.1 Å². The van der Waals surface area contributed by atoms with Gasteiger partial charge in [0.1, 0.15) is 0 Å². The molecule has 1 heterocycles. The molecule has 18 heavy (non-hydrogen) atoms. The standard InChI is InChI=1S/C10H11BF3N2O.K/c1-2-15-8-5-3-4-6-9(8)16(10(15)17)7-11(12,13)14;/h3-6H,2,7H2,1H3;/q-1;+1. The van der Waals surface area contributed by atoms with Crippen LogP contribution in [-0.4, -0.2) is 16.1 Å². The summed E-state index contributed by atoms with van der Waals surface area (Å²) < 4.78 is 39.5. The quantitative estimate of drug-likeness (QED) is 0.678. The molecule has 0 radical (unpaired) electrons. The summed E-state index contributed by atoms with van der Waals surface area (Å²) in [5.41, 5.74) is 0.270. The van der Waals surface area contributed by atoms with E-state index in [2.05, 4.69) is 0 Å². The Balaban J connectivity index is 0.00000162. The number of imidazole rings is 1. The Morgan fingerprint density at radius 2 is 1.61 bits per heavy atom. The minimum absolute atomic E-state index is 0. The van der Waals surface area contributed by atoms with Gasteiger partial charge in [-0.1, -0.05) is 12.1 Å². The molecule has 1 aromatic carbocycles. The molecule has 0 fully saturated rings. The summed E-state index contributed by atoms with van der Waals surface area (Å²) in [6.45, 7) is -2.93. The monoisotopic (exact) mass is 282 g/mol. The largest absolute Gasteiger partial charge is 1.00 e. The molecule has 2 rings (SSSR count). The number of benzene rings is 1. The summed E-state index contributed by atoms with van der Waals surface area (Å²) in [4.78, 5) is 11.8. The summed E-state index contributed by atoms with van der Waals surface area (Å²) in [5.74, 6) is 0. The van der Waals surface area contributed by atoms with Crippen molar-refractivity contribution in [1.82, 2.24) is 9.13 Å². The molecule has 0 saturated carbocycles. The third-order valence-electron chi connectivity index (χ3n) is 2.63. The molecule has 0 aliphatic rings. The maximum atomic E-state index is 12.5. The molecule has 92 valence electrons. The Bertz CT molecular complexity index is 605. The van der Waals surface area contributed by atoms with E-state index in [1.54, 1.807) is 25.1 Å². The van der Waals surface area contributed by atoms with Crippen molar-refractivity contribution in [2.75, 3.05) is 0 Å². The minimum Gasteiger partial charge on any atom is -0.448 e. The molecule has 0 bridgehead atoms. The van der Waals surface area contributed by atoms with Crippen LogP contribution in [0.4, 0.5) is 12.9 Å². The third-order valence-corrected chi connectivity index (χ3v) is 2.63. The van der Waals surface area contributed by atoms with Crippen LogP contribution >= 0.6 is 0 Å². The first-order valence-electron chi connectivity index (χ1n) is 5.33. The number of hydrogen-bond donors (Lipinski definition) is 0. The number of fused-ring (bicyclic) bond motifs is 1. The molecule has 3 nitrogen and oxygen atoms in total. The summed E-state index contributed by atoms with van der Waals surface area (Å²) in [6, 6.07) is 6.52. The van der Waals surface area contributed by atoms with E-state index in [-0.39, 0.29) is 51.4 Å². The summed E-state index contributed by atoms with van der Waals surface area (Å²) in [6.07, 6.45) is -1.19. The second-order valence-electron chi connectivity index (χ2n) is 3.84. The van der Waals surface area contributed by atoms with Crippen LogP contribution in [0.3, 0.4) is 0 Å². The van der Waals surface area contributed by atoms with Crippen molar-refractivity contribution in [1.29, 1.82) is 0 Å². The summed E-state index contributed by atoms with van der Waals surface area (Å²) in [5, 5.41) is 0. The second-order valence-corrected chi connectivity index (χ2v) is 3.84. The molecule has 0 saturated heterocycles. The van der Waals surface area contributed by atoms with Crippen LogP contribution in [0.1, 0.15) is 6.92 Å². The third kappa shape index (κ3) is 3.11. The topological polar surface area (TPSA) is 26.9 Å². The predicted octanol–water partition coefficient (Wildman–Crippen LogP) is -0.786. The van der Waals surface area contributed by atoms with Crippen LogP contribution in [0.2, 0.25) is 0 Å². The summed E-state index contributed by atoms with van der Waals surface area (Å²) in [7, 11) is 0. The smallest absolute Gasteiger partial charge is 0.448 e. The van der Waals surface area contributed by atoms with Crippen molar-refractivity contribution in [2.45, 2.75) is 19.9 Å². The predicted molar refractivity (Wildman–Crippen MR) is 61.0 cm³/mol. The van der Waals surface area contributed by atoms with Crippen LogP contribution in [0.5, 0.6) is 0 Å². The van der Waals surface area contributed by atoms with Crippen LogP contribution in [0.25, 0.3) is 11.0 Å². The van der Waals surface area contributed by atoms with Gasteiger partial charge in [-0.15, -0.1) is 0 Å². The second kappa shape index (κ2) is 5.96. The van der Waals surface area contributed by atoms with Crippen LogP contribution in [0, 0.1) is 0 Å². The van der Waals surface area contributed by atoms with Gasteiger partial charge in [-0.3, -0.25) is 4.57 Å². The van der Waals surface area contributed by atoms with E-state index in [1.807, 2.05) is 0 Å². The number of nitrogens with zero attached hydrogens (tertiary/aromatic N) is 2. The van der Waals surface area contributed by atoms with E-state index in [0.717, 1.165) is 4.57 Å². The Hall–Kier alpha value is -0.0187. The number of rotatable bonds is 3. The fraction of sp³-hybridized carbons (Fsp3) is 0.300. The number of aromatic nitrogens is 2. The molecule has 0 unspecified atom stereocenters. The fourth-order valence-corrected chi connectivity index (χ4v) is 1.96. The van der Waals surface area contributed by atoms with Crippen LogP contribution < -0.4 is 57.1 Å². The molecule has 0 aliphatic carbocycles. The zero-order chi connectivity index (χ0) is 12.6. The summed E-state index contributed by atoms with van der Waals surface area (Å²) >= 11 is 0. The van der Waals surface area contributed by atoms with E-state index in [0.29, 0.717) is 17.6 Å². The molecule has 1 aromatic heterocycles. The normalized spacial score (nSPS) is 11.6. The van der Waals surface area contributed by atoms with Crippen molar-refractivity contribution in [2.24, 2.45) is 0 Å². The van der Waals surface area contributed by atoms with Crippen molar-refractivity contribution in [3.05, 3.63) is 34.7 Å². The van der Waals surface area contributed by atoms with Gasteiger partial charge in [-0.05, 0) is 25.5 Å². The molecule has 8 heteroatoms. The van der Waals surface area contributed by atoms with Crippen molar-refractivity contribution >= 4 is 18.0 Å². The maximum Gasteiger partial charge on any atom is 1.00 e. The Morgan fingerprint density at radius 3 is 2.06 bits per heavy atom. The molecule has 0 spiro atoms. The van der Waals surface area contributed by atoms with Gasteiger partial charge in [-0.2, -0.15) is 0 Å². The van der Waals surface area contributed by atoms with Gasteiger partial charge in [-0.25, -0.2) is 4.79 Å². The first-order valence-corrected chi connectivity index (χ1v) is 5.33. The average molecular weight is 282 g/mol. The average Bonchev–Trinajstić information content (AvgIpc) is 2.50. The molecule has 0 aliphatic heterocycles. The van der Waals surface area contributed by atoms with E-state index in [1.165, 1.54) is 10.6 Å². The van der Waals surface area contributed by atoms with Crippen LogP contribution in [-0.2, 0) is 13.0 Å². The van der Waals surface area contributed by atoms with E-state index < -0.39 is 19.1 Å². The first-order chi connectivity index (χ1) is 7.94. The Labute approximate surface area is 144 Å². The number of para-hydroxylation sites is 2. The van der Waals surface area contributed by atoms with E-state index in [9.17, 15) is 17.7 Å². The Morgan fingerprint density at radius 1 is 1.11 bits per heavy atom. The van der Waals surface area contributed by atoms with E-state index in [4.69, 9.17) is 0 Å². The van der Waals surface area contributed by atoms with Gasteiger partial charge in [0.15, 0.2) is 0 Å². The van der Waals surface area contributed by atoms with Gasteiger partial charge in [0.05, 0.1) is 11.0 Å². The van der Waals surface area contributed by atoms with Crippen LogP contribution in [0.15, 0.2) is 29.1 Å². The fourth-order valence-electron chi connectivity index (χ4n) is 1.96. The number of hydrogen-bond acceptors (Lipinski definition) is 1. The number of aryl methyl sites for hydroxylation is 1. The zero-order valence-electron chi connectivity index (χ0n) is 10.2.